The van der Waals surface area contributed by atoms with Gasteiger partial charge < -0.3 is 11.1 Å². The average Bonchev–Trinajstić information content (AvgIpc) is 3.30. The summed E-state index contributed by atoms with van der Waals surface area (Å²) in [5.74, 6) is -3.13. The van der Waals surface area contributed by atoms with Crippen LogP contribution in [0.4, 0.5) is 25.2 Å². The molecule has 2 aromatic heterocycles. The molecule has 38 heavy (non-hydrogen) atoms. The van der Waals surface area contributed by atoms with Gasteiger partial charge in [0.05, 0.1) is 18.2 Å². The van der Waals surface area contributed by atoms with Crippen LogP contribution in [-0.4, -0.2) is 50.6 Å². The molecular weight excluding hydrogens is 496 g/mol. The lowest BCUT2D eigenvalue weighted by Gasteiger charge is -2.46. The number of rotatable bonds is 7. The lowest BCUT2D eigenvalue weighted by molar-refractivity contribution is -0.156. The number of urea groups is 1. The number of halogens is 2. The number of carbonyl (C=O) groups is 3. The average molecular weight is 526 g/mol. The second-order valence-corrected chi connectivity index (χ2v) is 9.30. The number of likely N-dealkylation sites (tertiary alicyclic amines) is 1. The Hall–Kier alpha value is -4.35. The van der Waals surface area contributed by atoms with Crippen LogP contribution < -0.4 is 16.0 Å². The first-order valence-electron chi connectivity index (χ1n) is 12.1. The van der Waals surface area contributed by atoms with E-state index in [2.05, 4.69) is 15.4 Å². The van der Waals surface area contributed by atoms with Crippen molar-refractivity contribution < 1.29 is 23.2 Å². The number of amides is 4. The van der Waals surface area contributed by atoms with Crippen LogP contribution >= 0.6 is 0 Å². The van der Waals surface area contributed by atoms with Crippen LogP contribution in [0, 0.1) is 24.5 Å². The monoisotopic (exact) mass is 525 g/mol. The number of benzene rings is 1. The summed E-state index contributed by atoms with van der Waals surface area (Å²) in [6.07, 6.45) is 2.04. The molecule has 3 N–H and O–H groups in total. The van der Waals surface area contributed by atoms with Gasteiger partial charge in [0, 0.05) is 25.9 Å². The van der Waals surface area contributed by atoms with E-state index >= 15 is 0 Å². The Morgan fingerprint density at radius 2 is 1.92 bits per heavy atom. The summed E-state index contributed by atoms with van der Waals surface area (Å²) in [7, 11) is 3.21. The zero-order valence-electron chi connectivity index (χ0n) is 21.5. The van der Waals surface area contributed by atoms with Crippen LogP contribution in [-0.2, 0) is 23.1 Å². The minimum atomic E-state index is -1.11. The number of nitrogen functional groups attached to an aromatic ring is 1. The predicted octanol–water partition coefficient (Wildman–Crippen LogP) is 2.88. The number of aryl methyl sites for hydroxylation is 2. The zero-order valence-corrected chi connectivity index (χ0v) is 21.5. The lowest BCUT2D eigenvalue weighted by Crippen LogP contribution is -2.70. The molecular formula is C26H29F2N7O3. The molecule has 3 heterocycles. The second kappa shape index (κ2) is 10.6. The van der Waals surface area contributed by atoms with Gasteiger partial charge in [0.1, 0.15) is 17.7 Å². The molecule has 1 aliphatic heterocycles. The fourth-order valence-corrected chi connectivity index (χ4v) is 4.77. The summed E-state index contributed by atoms with van der Waals surface area (Å²) in [6, 6.07) is 5.76. The van der Waals surface area contributed by atoms with Gasteiger partial charge in [-0.2, -0.15) is 5.10 Å². The number of nitrogens with two attached hydrogens (primary N) is 1. The van der Waals surface area contributed by atoms with Crippen molar-refractivity contribution in [3.05, 3.63) is 71.1 Å². The van der Waals surface area contributed by atoms with E-state index in [0.717, 1.165) is 17.0 Å². The van der Waals surface area contributed by atoms with Crippen LogP contribution in [0.2, 0.25) is 0 Å². The number of nitrogens with one attached hydrogen (secondary N) is 1. The first kappa shape index (κ1) is 26.7. The standard InChI is InChI=1S/C26H29F2N7O3/c1-5-20(16-6-7-18(27)19(28)13-16)32-26(38)35-23(25(37)33(3)22-8-9-30-34(22)4)17(24(35)36)11-15-10-14(2)31-21(29)12-15/h6-10,12-13,17,20,23H,5,11H2,1-4H3,(H2,29,31)(H,32,38)/t17-,20-,23+/m1/s1. The third kappa shape index (κ3) is 5.06. The smallest absolute Gasteiger partial charge is 0.325 e. The summed E-state index contributed by atoms with van der Waals surface area (Å²) in [5.41, 5.74) is 7.57. The van der Waals surface area contributed by atoms with Crippen molar-refractivity contribution in [2.24, 2.45) is 13.0 Å². The number of β-lactam (4-membered cyclic amide) rings is 1. The van der Waals surface area contributed by atoms with E-state index in [1.807, 2.05) is 0 Å². The van der Waals surface area contributed by atoms with Gasteiger partial charge in [0.15, 0.2) is 11.6 Å². The highest BCUT2D eigenvalue weighted by Gasteiger charge is 2.55. The number of hydrogen-bond acceptors (Lipinski definition) is 6. The number of anilines is 2. The molecule has 0 spiro atoms. The minimum Gasteiger partial charge on any atom is -0.384 e. The highest BCUT2D eigenvalue weighted by atomic mass is 19.2. The van der Waals surface area contributed by atoms with Gasteiger partial charge in [-0.1, -0.05) is 13.0 Å². The molecule has 200 valence electrons. The summed E-state index contributed by atoms with van der Waals surface area (Å²) in [4.78, 5) is 46.7. The van der Waals surface area contributed by atoms with Crippen molar-refractivity contribution in [2.75, 3.05) is 17.7 Å². The van der Waals surface area contributed by atoms with Gasteiger partial charge in [-0.25, -0.2) is 18.6 Å². The van der Waals surface area contributed by atoms with Crippen molar-refractivity contribution in [3.63, 3.8) is 0 Å². The molecule has 4 amide bonds. The Balaban J connectivity index is 1.62. The number of likely N-dealkylation sites (N-methyl/N-ethyl adjacent to an activating group) is 1. The molecule has 0 bridgehead atoms. The number of imide groups is 1. The maximum Gasteiger partial charge on any atom is 0.325 e. The predicted molar refractivity (Wildman–Crippen MR) is 136 cm³/mol. The Morgan fingerprint density at radius 3 is 2.53 bits per heavy atom. The molecule has 3 atom stereocenters. The van der Waals surface area contributed by atoms with E-state index < -0.39 is 47.5 Å². The van der Waals surface area contributed by atoms with E-state index in [-0.39, 0.29) is 12.2 Å². The maximum atomic E-state index is 13.8. The number of carbonyl (C=O) groups excluding carboxylic acids is 3. The molecule has 4 rings (SSSR count). The first-order chi connectivity index (χ1) is 18.0. The van der Waals surface area contributed by atoms with Gasteiger partial charge in [0.2, 0.25) is 5.91 Å². The summed E-state index contributed by atoms with van der Waals surface area (Å²) in [6.45, 7) is 3.52. The molecule has 1 fully saturated rings. The van der Waals surface area contributed by atoms with Crippen LogP contribution in [0.5, 0.6) is 0 Å². The summed E-state index contributed by atoms with van der Waals surface area (Å²) in [5, 5.41) is 6.77. The van der Waals surface area contributed by atoms with Gasteiger partial charge in [-0.05, 0) is 55.2 Å². The van der Waals surface area contributed by atoms with Crippen molar-refractivity contribution in [1.29, 1.82) is 0 Å². The van der Waals surface area contributed by atoms with E-state index in [1.165, 1.54) is 21.8 Å². The molecule has 1 aliphatic rings. The molecule has 0 unspecified atom stereocenters. The molecule has 1 aromatic carbocycles. The topological polar surface area (TPSA) is 126 Å². The number of nitrogens with zero attached hydrogens (tertiary/aromatic N) is 5. The number of hydrogen-bond donors (Lipinski definition) is 2. The Labute approximate surface area is 218 Å². The summed E-state index contributed by atoms with van der Waals surface area (Å²) >= 11 is 0. The Morgan fingerprint density at radius 1 is 1.18 bits per heavy atom. The largest absolute Gasteiger partial charge is 0.384 e. The SMILES string of the molecule is CC[C@@H](NC(=O)N1C(=O)[C@H](Cc2cc(C)nc(N)c2)[C@H]1C(=O)N(C)c1ccnn1C)c1ccc(F)c(F)c1. The van der Waals surface area contributed by atoms with E-state index in [1.54, 1.807) is 46.1 Å². The minimum absolute atomic E-state index is 0.173. The molecule has 10 nitrogen and oxygen atoms in total. The normalized spacial score (nSPS) is 17.6. The number of pyridine rings is 1. The fraction of sp³-hybridized carbons (Fsp3) is 0.346. The highest BCUT2D eigenvalue weighted by Crippen LogP contribution is 2.33. The van der Waals surface area contributed by atoms with Crippen molar-refractivity contribution in [2.45, 2.75) is 38.8 Å². The number of aromatic nitrogens is 3. The maximum absolute atomic E-state index is 13.8. The van der Waals surface area contributed by atoms with Crippen molar-refractivity contribution >= 4 is 29.5 Å². The van der Waals surface area contributed by atoms with Crippen LogP contribution in [0.1, 0.15) is 36.2 Å². The first-order valence-corrected chi connectivity index (χ1v) is 12.1. The molecule has 0 aliphatic carbocycles. The molecule has 3 aromatic rings. The zero-order chi connectivity index (χ0) is 27.7. The fourth-order valence-electron chi connectivity index (χ4n) is 4.77. The van der Waals surface area contributed by atoms with E-state index in [0.29, 0.717) is 29.1 Å². The van der Waals surface area contributed by atoms with Crippen LogP contribution in [0.25, 0.3) is 0 Å². The third-order valence-electron chi connectivity index (χ3n) is 6.70. The lowest BCUT2D eigenvalue weighted by atomic mass is 9.81. The van der Waals surface area contributed by atoms with Crippen LogP contribution in [0.3, 0.4) is 0 Å². The Kier molecular flexibility index (Phi) is 7.42. The highest BCUT2D eigenvalue weighted by molar-refractivity contribution is 6.12. The molecule has 0 radical (unpaired) electrons. The third-order valence-corrected chi connectivity index (χ3v) is 6.70. The van der Waals surface area contributed by atoms with Crippen molar-refractivity contribution in [3.8, 4) is 0 Å². The van der Waals surface area contributed by atoms with E-state index in [9.17, 15) is 23.2 Å². The molecule has 12 heteroatoms. The second-order valence-electron chi connectivity index (χ2n) is 9.30. The van der Waals surface area contributed by atoms with Gasteiger partial charge in [-0.15, -0.1) is 0 Å². The molecule has 0 saturated carbocycles. The van der Waals surface area contributed by atoms with Crippen molar-refractivity contribution in [1.82, 2.24) is 25.0 Å². The molecule has 1 saturated heterocycles. The Bertz CT molecular complexity index is 1370. The van der Waals surface area contributed by atoms with Gasteiger partial charge in [-0.3, -0.25) is 24.1 Å². The van der Waals surface area contributed by atoms with E-state index in [4.69, 9.17) is 5.73 Å². The van der Waals surface area contributed by atoms with Gasteiger partial charge >= 0.3 is 6.03 Å². The summed E-state index contributed by atoms with van der Waals surface area (Å²) < 4.78 is 28.8. The quantitative estimate of drug-likeness (QED) is 0.457. The van der Waals surface area contributed by atoms with Crippen LogP contribution in [0.15, 0.2) is 42.6 Å². The van der Waals surface area contributed by atoms with Gasteiger partial charge in [0.25, 0.3) is 5.91 Å².